The number of amides is 1. The zero-order chi connectivity index (χ0) is 19.4. The molecule has 0 spiro atoms. The van der Waals surface area contributed by atoms with Crippen LogP contribution in [-0.2, 0) is 20.7 Å². The minimum atomic E-state index is -0.854. The summed E-state index contributed by atoms with van der Waals surface area (Å²) in [6.45, 7) is 7.04. The second-order valence-corrected chi connectivity index (χ2v) is 7.81. The van der Waals surface area contributed by atoms with E-state index in [0.717, 1.165) is 17.1 Å². The molecule has 8 nitrogen and oxygen atoms in total. The van der Waals surface area contributed by atoms with Gasteiger partial charge in [-0.05, 0) is 32.4 Å². The second kappa shape index (κ2) is 8.28. The maximum Gasteiger partial charge on any atom is 0.254 e. The fraction of sp³-hybridized carbons (Fsp3) is 0.556. The maximum atomic E-state index is 12.7. The molecule has 0 unspecified atom stereocenters. The molecule has 1 fully saturated rings. The number of nitrogens with zero attached hydrogens (tertiary/aromatic N) is 4. The van der Waals surface area contributed by atoms with Crippen LogP contribution in [-0.4, -0.2) is 58.4 Å². The van der Waals surface area contributed by atoms with Gasteiger partial charge in [0, 0.05) is 13.7 Å². The van der Waals surface area contributed by atoms with E-state index in [9.17, 15) is 4.79 Å². The summed E-state index contributed by atoms with van der Waals surface area (Å²) >= 11 is 1.51. The Morgan fingerprint density at radius 2 is 2.26 bits per heavy atom. The first-order valence-corrected chi connectivity index (χ1v) is 9.77. The van der Waals surface area contributed by atoms with Crippen molar-refractivity contribution in [1.29, 1.82) is 0 Å². The Morgan fingerprint density at radius 1 is 1.44 bits per heavy atom. The molecule has 0 aromatic carbocycles. The number of methoxy groups -OCH3 is 1. The molecule has 27 heavy (non-hydrogen) atoms. The minimum Gasteiger partial charge on any atom is -0.369 e. The summed E-state index contributed by atoms with van der Waals surface area (Å²) in [7, 11) is 1.55. The van der Waals surface area contributed by atoms with Gasteiger partial charge in [-0.3, -0.25) is 4.79 Å². The van der Waals surface area contributed by atoms with Crippen LogP contribution < -0.4 is 5.32 Å². The van der Waals surface area contributed by atoms with E-state index in [0.29, 0.717) is 30.6 Å². The van der Waals surface area contributed by atoms with Gasteiger partial charge in [-0.25, -0.2) is 4.98 Å². The van der Waals surface area contributed by atoms with Crippen molar-refractivity contribution < 1.29 is 14.3 Å². The molecule has 2 aromatic heterocycles. The summed E-state index contributed by atoms with van der Waals surface area (Å²) in [6, 6.07) is 5.69. The Labute approximate surface area is 162 Å². The molecule has 0 bridgehead atoms. The number of hydrogen-bond acceptors (Lipinski definition) is 8. The van der Waals surface area contributed by atoms with E-state index in [1.165, 1.54) is 11.3 Å². The van der Waals surface area contributed by atoms with Gasteiger partial charge in [-0.1, -0.05) is 24.3 Å². The molecule has 1 amide bonds. The number of rotatable bonds is 6. The molecule has 1 N–H and O–H groups in total. The Bertz CT molecular complexity index is 795. The standard InChI is InChI=1S/C18H25N5O3S/c1-5-15-21-22-17(27-15)20-14-8-6-7-12(19-14)13-11-23(9-10-26-13)16(24)18(2,3)25-4/h6-8,13H,5,9-11H2,1-4H3,(H,19,20,22)/t13-/m1/s1. The lowest BCUT2D eigenvalue weighted by molar-refractivity contribution is -0.158. The van der Waals surface area contributed by atoms with Gasteiger partial charge in [0.25, 0.3) is 5.91 Å². The second-order valence-electron chi connectivity index (χ2n) is 6.75. The SMILES string of the molecule is CCc1nnc(Nc2cccc([C@H]3CN(C(=O)C(C)(C)OC)CCO3)n2)s1. The van der Waals surface area contributed by atoms with E-state index in [4.69, 9.17) is 9.47 Å². The molecular weight excluding hydrogens is 366 g/mol. The smallest absolute Gasteiger partial charge is 0.254 e. The number of ether oxygens (including phenoxy) is 2. The highest BCUT2D eigenvalue weighted by atomic mass is 32.1. The third-order valence-corrected chi connectivity index (χ3v) is 5.47. The Hall–Kier alpha value is -2.10. The molecule has 0 saturated carbocycles. The van der Waals surface area contributed by atoms with Crippen molar-refractivity contribution in [3.05, 3.63) is 28.9 Å². The largest absolute Gasteiger partial charge is 0.369 e. The molecule has 3 rings (SSSR count). The van der Waals surface area contributed by atoms with Crippen molar-refractivity contribution in [2.45, 2.75) is 38.9 Å². The summed E-state index contributed by atoms with van der Waals surface area (Å²) in [5.74, 6) is 0.629. The molecule has 3 heterocycles. The van der Waals surface area contributed by atoms with Crippen LogP contribution >= 0.6 is 11.3 Å². The van der Waals surface area contributed by atoms with E-state index in [1.807, 2.05) is 25.1 Å². The molecule has 146 valence electrons. The molecular formula is C18H25N5O3S. The number of carbonyl (C=O) groups excluding carboxylic acids is 1. The molecule has 1 atom stereocenters. The van der Waals surface area contributed by atoms with Gasteiger partial charge in [0.2, 0.25) is 5.13 Å². The van der Waals surface area contributed by atoms with Crippen molar-refractivity contribution in [2.24, 2.45) is 0 Å². The van der Waals surface area contributed by atoms with E-state index in [2.05, 4.69) is 20.5 Å². The van der Waals surface area contributed by atoms with Gasteiger partial charge >= 0.3 is 0 Å². The van der Waals surface area contributed by atoms with Crippen molar-refractivity contribution in [1.82, 2.24) is 20.1 Å². The normalized spacial score (nSPS) is 17.8. The van der Waals surface area contributed by atoms with Crippen LogP contribution in [0.4, 0.5) is 10.9 Å². The number of hydrogen-bond donors (Lipinski definition) is 1. The van der Waals surface area contributed by atoms with Crippen LogP contribution in [0.25, 0.3) is 0 Å². The number of carbonyl (C=O) groups is 1. The number of aromatic nitrogens is 3. The Balaban J connectivity index is 1.71. The van der Waals surface area contributed by atoms with E-state index in [1.54, 1.807) is 25.9 Å². The number of anilines is 2. The predicted octanol–water partition coefficient (Wildman–Crippen LogP) is 2.56. The third kappa shape index (κ3) is 4.60. The zero-order valence-electron chi connectivity index (χ0n) is 16.1. The van der Waals surface area contributed by atoms with Gasteiger partial charge in [0.15, 0.2) is 0 Å². The molecule has 1 saturated heterocycles. The number of pyridine rings is 1. The maximum absolute atomic E-state index is 12.7. The highest BCUT2D eigenvalue weighted by Gasteiger charge is 2.35. The summed E-state index contributed by atoms with van der Waals surface area (Å²) in [5, 5.41) is 13.1. The van der Waals surface area contributed by atoms with Crippen molar-refractivity contribution >= 4 is 28.2 Å². The fourth-order valence-corrected chi connectivity index (χ4v) is 3.42. The number of morpholine rings is 1. The first kappa shape index (κ1) is 19.7. The number of aryl methyl sites for hydroxylation is 1. The summed E-state index contributed by atoms with van der Waals surface area (Å²) in [4.78, 5) is 19.1. The Kier molecular flexibility index (Phi) is 6.03. The van der Waals surface area contributed by atoms with Gasteiger partial charge in [-0.2, -0.15) is 0 Å². The lowest BCUT2D eigenvalue weighted by Gasteiger charge is -2.36. The average molecular weight is 391 g/mol. The third-order valence-electron chi connectivity index (χ3n) is 4.48. The molecule has 0 aliphatic carbocycles. The topological polar surface area (TPSA) is 89.5 Å². The fourth-order valence-electron chi connectivity index (χ4n) is 2.74. The zero-order valence-corrected chi connectivity index (χ0v) is 16.9. The van der Waals surface area contributed by atoms with Gasteiger partial charge in [-0.15, -0.1) is 10.2 Å². The van der Waals surface area contributed by atoms with Gasteiger partial charge in [0.1, 0.15) is 22.5 Å². The lowest BCUT2D eigenvalue weighted by Crippen LogP contribution is -2.51. The highest BCUT2D eigenvalue weighted by molar-refractivity contribution is 7.15. The van der Waals surface area contributed by atoms with E-state index in [-0.39, 0.29) is 12.0 Å². The van der Waals surface area contributed by atoms with Crippen molar-refractivity contribution in [2.75, 3.05) is 32.1 Å². The summed E-state index contributed by atoms with van der Waals surface area (Å²) in [5.41, 5.74) is -0.0824. The molecule has 1 aliphatic rings. The molecule has 9 heteroatoms. The van der Waals surface area contributed by atoms with Gasteiger partial charge in [0.05, 0.1) is 18.8 Å². The van der Waals surface area contributed by atoms with Gasteiger partial charge < -0.3 is 19.7 Å². The molecule has 2 aromatic rings. The molecule has 0 radical (unpaired) electrons. The molecule has 1 aliphatic heterocycles. The first-order valence-electron chi connectivity index (χ1n) is 8.95. The van der Waals surface area contributed by atoms with Crippen LogP contribution in [0.2, 0.25) is 0 Å². The quantitative estimate of drug-likeness (QED) is 0.809. The minimum absolute atomic E-state index is 0.0477. The van der Waals surface area contributed by atoms with Crippen LogP contribution in [0.15, 0.2) is 18.2 Å². The van der Waals surface area contributed by atoms with Crippen LogP contribution in [0.3, 0.4) is 0 Å². The highest BCUT2D eigenvalue weighted by Crippen LogP contribution is 2.26. The van der Waals surface area contributed by atoms with Crippen molar-refractivity contribution in [3.63, 3.8) is 0 Å². The number of nitrogens with one attached hydrogen (secondary N) is 1. The summed E-state index contributed by atoms with van der Waals surface area (Å²) in [6.07, 6.45) is 0.572. The van der Waals surface area contributed by atoms with Crippen LogP contribution in [0.5, 0.6) is 0 Å². The van der Waals surface area contributed by atoms with Crippen LogP contribution in [0.1, 0.15) is 37.6 Å². The summed E-state index contributed by atoms with van der Waals surface area (Å²) < 4.78 is 11.2. The monoisotopic (exact) mass is 391 g/mol. The van der Waals surface area contributed by atoms with Crippen LogP contribution in [0, 0.1) is 0 Å². The average Bonchev–Trinajstić information content (AvgIpc) is 3.15. The van der Waals surface area contributed by atoms with Crippen molar-refractivity contribution in [3.8, 4) is 0 Å². The first-order chi connectivity index (χ1) is 12.9. The van der Waals surface area contributed by atoms with E-state index < -0.39 is 5.60 Å². The predicted molar refractivity (Wildman–Crippen MR) is 103 cm³/mol. The lowest BCUT2D eigenvalue weighted by atomic mass is 10.1. The Morgan fingerprint density at radius 3 is 2.96 bits per heavy atom. The van der Waals surface area contributed by atoms with E-state index >= 15 is 0 Å².